The number of benzene rings is 1. The molecule has 19 heavy (non-hydrogen) atoms. The minimum Gasteiger partial charge on any atom is -0.467 e. The largest absolute Gasteiger partial charge is 0.467 e. The molecule has 1 aliphatic heterocycles. The van der Waals surface area contributed by atoms with E-state index in [4.69, 9.17) is 0 Å². The topological polar surface area (TPSA) is 46.6 Å². The lowest BCUT2D eigenvalue weighted by Gasteiger charge is -2.23. The summed E-state index contributed by atoms with van der Waals surface area (Å²) >= 11 is 0. The van der Waals surface area contributed by atoms with Gasteiger partial charge in [-0.05, 0) is 31.9 Å². The number of carbonyl (C=O) groups excluding carboxylic acids is 2. The van der Waals surface area contributed by atoms with E-state index in [1.807, 2.05) is 0 Å². The van der Waals surface area contributed by atoms with E-state index in [1.54, 1.807) is 13.0 Å². The highest BCUT2D eigenvalue weighted by molar-refractivity contribution is 5.97. The first kappa shape index (κ1) is 13.5. The summed E-state index contributed by atoms with van der Waals surface area (Å²) in [6.45, 7) is 2.24. The highest BCUT2D eigenvalue weighted by Crippen LogP contribution is 2.22. The summed E-state index contributed by atoms with van der Waals surface area (Å²) < 4.78 is 18.4. The van der Waals surface area contributed by atoms with E-state index in [0.29, 0.717) is 13.0 Å². The first-order valence-corrected chi connectivity index (χ1v) is 6.19. The SMILES string of the molecule is COC(=O)C1CCCN1C(=O)c1cc(C)ccc1F. The van der Waals surface area contributed by atoms with E-state index in [0.717, 1.165) is 12.0 Å². The van der Waals surface area contributed by atoms with Gasteiger partial charge in [0.25, 0.3) is 5.91 Å². The quantitative estimate of drug-likeness (QED) is 0.767. The molecule has 1 unspecified atom stereocenters. The van der Waals surface area contributed by atoms with Crippen LogP contribution in [0.15, 0.2) is 18.2 Å². The second-order valence-electron chi connectivity index (χ2n) is 4.66. The molecule has 1 aromatic rings. The van der Waals surface area contributed by atoms with Crippen molar-refractivity contribution in [2.45, 2.75) is 25.8 Å². The zero-order valence-electron chi connectivity index (χ0n) is 11.0. The molecule has 102 valence electrons. The van der Waals surface area contributed by atoms with Gasteiger partial charge in [-0.2, -0.15) is 0 Å². The summed E-state index contributed by atoms with van der Waals surface area (Å²) in [5.41, 5.74) is 0.814. The van der Waals surface area contributed by atoms with Crippen molar-refractivity contribution in [3.8, 4) is 0 Å². The monoisotopic (exact) mass is 265 g/mol. The standard InChI is InChI=1S/C14H16FNO3/c1-9-5-6-11(15)10(8-9)13(17)16-7-3-4-12(16)14(18)19-2/h5-6,8,12H,3-4,7H2,1-2H3. The number of nitrogens with zero attached hydrogens (tertiary/aromatic N) is 1. The van der Waals surface area contributed by atoms with Crippen LogP contribution < -0.4 is 0 Å². The number of likely N-dealkylation sites (tertiary alicyclic amines) is 1. The van der Waals surface area contributed by atoms with Gasteiger partial charge in [-0.15, -0.1) is 0 Å². The maximum Gasteiger partial charge on any atom is 0.328 e. The maximum atomic E-state index is 13.7. The zero-order valence-corrected chi connectivity index (χ0v) is 11.0. The summed E-state index contributed by atoms with van der Waals surface area (Å²) in [6.07, 6.45) is 1.28. The van der Waals surface area contributed by atoms with Crippen LogP contribution in [0.4, 0.5) is 4.39 Å². The minimum atomic E-state index is -0.600. The molecule has 1 amide bonds. The van der Waals surface area contributed by atoms with Gasteiger partial charge >= 0.3 is 5.97 Å². The Morgan fingerprint density at radius 2 is 2.16 bits per heavy atom. The minimum absolute atomic E-state index is 0.0100. The van der Waals surface area contributed by atoms with Gasteiger partial charge in [0.15, 0.2) is 0 Å². The molecule has 4 nitrogen and oxygen atoms in total. The van der Waals surface area contributed by atoms with Crippen LogP contribution in [0.5, 0.6) is 0 Å². The van der Waals surface area contributed by atoms with Crippen molar-refractivity contribution >= 4 is 11.9 Å². The molecule has 1 aliphatic rings. The van der Waals surface area contributed by atoms with Crippen LogP contribution in [-0.4, -0.2) is 36.5 Å². The molecule has 1 fully saturated rings. The van der Waals surface area contributed by atoms with Crippen LogP contribution in [0.2, 0.25) is 0 Å². The van der Waals surface area contributed by atoms with Crippen molar-refractivity contribution in [1.29, 1.82) is 0 Å². The normalized spacial score (nSPS) is 18.5. The maximum absolute atomic E-state index is 13.7. The van der Waals surface area contributed by atoms with E-state index >= 15 is 0 Å². The smallest absolute Gasteiger partial charge is 0.328 e. The predicted molar refractivity (Wildman–Crippen MR) is 67.2 cm³/mol. The molecule has 0 N–H and O–H groups in total. The number of halogens is 1. The molecule has 0 radical (unpaired) electrons. The number of carbonyl (C=O) groups is 2. The Balaban J connectivity index is 2.28. The molecular weight excluding hydrogens is 249 g/mol. The molecule has 1 aromatic carbocycles. The molecular formula is C14H16FNO3. The van der Waals surface area contributed by atoms with Gasteiger partial charge in [-0.3, -0.25) is 4.79 Å². The summed E-state index contributed by atoms with van der Waals surface area (Å²) in [5.74, 6) is -1.46. The van der Waals surface area contributed by atoms with Crippen LogP contribution in [0.25, 0.3) is 0 Å². The summed E-state index contributed by atoms with van der Waals surface area (Å²) in [7, 11) is 1.29. The van der Waals surface area contributed by atoms with Gasteiger partial charge < -0.3 is 9.64 Å². The molecule has 0 aliphatic carbocycles. The highest BCUT2D eigenvalue weighted by atomic mass is 19.1. The first-order chi connectivity index (χ1) is 9.04. The van der Waals surface area contributed by atoms with Crippen molar-refractivity contribution in [1.82, 2.24) is 4.90 Å². The Bertz CT molecular complexity index is 515. The lowest BCUT2D eigenvalue weighted by Crippen LogP contribution is -2.41. The number of esters is 1. The van der Waals surface area contributed by atoms with Crippen molar-refractivity contribution in [3.63, 3.8) is 0 Å². The molecule has 1 heterocycles. The van der Waals surface area contributed by atoms with Crippen LogP contribution in [0, 0.1) is 12.7 Å². The third-order valence-electron chi connectivity index (χ3n) is 3.34. The van der Waals surface area contributed by atoms with E-state index in [9.17, 15) is 14.0 Å². The first-order valence-electron chi connectivity index (χ1n) is 6.19. The summed E-state index contributed by atoms with van der Waals surface area (Å²) in [6, 6.07) is 3.78. The van der Waals surface area contributed by atoms with Gasteiger partial charge in [0.05, 0.1) is 12.7 Å². The number of hydrogen-bond donors (Lipinski definition) is 0. The number of methoxy groups -OCH3 is 1. The lowest BCUT2D eigenvalue weighted by molar-refractivity contribution is -0.145. The van der Waals surface area contributed by atoms with Crippen molar-refractivity contribution in [3.05, 3.63) is 35.1 Å². The molecule has 1 atom stereocenters. The van der Waals surface area contributed by atoms with Crippen LogP contribution >= 0.6 is 0 Å². The average molecular weight is 265 g/mol. The molecule has 0 aromatic heterocycles. The number of rotatable bonds is 2. The Morgan fingerprint density at radius 3 is 2.84 bits per heavy atom. The van der Waals surface area contributed by atoms with Gasteiger partial charge in [0.1, 0.15) is 11.9 Å². The van der Waals surface area contributed by atoms with E-state index in [1.165, 1.54) is 24.1 Å². The van der Waals surface area contributed by atoms with Crippen molar-refractivity contribution in [2.24, 2.45) is 0 Å². The molecule has 5 heteroatoms. The fourth-order valence-electron chi connectivity index (χ4n) is 2.35. The zero-order chi connectivity index (χ0) is 14.0. The van der Waals surface area contributed by atoms with Crippen LogP contribution in [0.3, 0.4) is 0 Å². The predicted octanol–water partition coefficient (Wildman–Crippen LogP) is 1.91. The Kier molecular flexibility index (Phi) is 3.83. The van der Waals surface area contributed by atoms with E-state index in [-0.39, 0.29) is 5.56 Å². The average Bonchev–Trinajstić information content (AvgIpc) is 2.89. The van der Waals surface area contributed by atoms with Crippen molar-refractivity contribution < 1.29 is 18.7 Å². The molecule has 0 saturated carbocycles. The number of amides is 1. The summed E-state index contributed by atoms with van der Waals surface area (Å²) in [4.78, 5) is 25.3. The highest BCUT2D eigenvalue weighted by Gasteiger charge is 2.36. The molecule has 2 rings (SSSR count). The fourth-order valence-corrected chi connectivity index (χ4v) is 2.35. The third kappa shape index (κ3) is 2.59. The van der Waals surface area contributed by atoms with Gasteiger partial charge in [-0.1, -0.05) is 11.6 Å². The number of hydrogen-bond acceptors (Lipinski definition) is 3. The number of aryl methyl sites for hydroxylation is 1. The Labute approximate surface area is 111 Å². The van der Waals surface area contributed by atoms with Crippen LogP contribution in [0.1, 0.15) is 28.8 Å². The van der Waals surface area contributed by atoms with Gasteiger partial charge in [0, 0.05) is 6.54 Å². The van der Waals surface area contributed by atoms with Gasteiger partial charge in [0.2, 0.25) is 0 Å². The van der Waals surface area contributed by atoms with E-state index in [2.05, 4.69) is 4.74 Å². The van der Waals surface area contributed by atoms with Gasteiger partial charge in [-0.25, -0.2) is 9.18 Å². The number of ether oxygens (including phenoxy) is 1. The summed E-state index contributed by atoms with van der Waals surface area (Å²) in [5, 5.41) is 0. The van der Waals surface area contributed by atoms with Crippen molar-refractivity contribution in [2.75, 3.05) is 13.7 Å². The molecule has 0 bridgehead atoms. The molecule has 1 saturated heterocycles. The Hall–Kier alpha value is -1.91. The van der Waals surface area contributed by atoms with Crippen LogP contribution in [-0.2, 0) is 9.53 Å². The second kappa shape index (κ2) is 5.38. The third-order valence-corrected chi connectivity index (χ3v) is 3.34. The lowest BCUT2D eigenvalue weighted by atomic mass is 10.1. The fraction of sp³-hybridized carbons (Fsp3) is 0.429. The van der Waals surface area contributed by atoms with E-state index < -0.39 is 23.7 Å². The Morgan fingerprint density at radius 1 is 1.42 bits per heavy atom. The molecule has 0 spiro atoms. The second-order valence-corrected chi connectivity index (χ2v) is 4.66.